The predicted molar refractivity (Wildman–Crippen MR) is 67.7 cm³/mol. The molecule has 0 fully saturated rings. The molecular formula is C12H11N5O4. The lowest BCUT2D eigenvalue weighted by Gasteiger charge is -2.31. The molecule has 9 nitrogen and oxygen atoms in total. The van der Waals surface area contributed by atoms with Gasteiger partial charge in [0.15, 0.2) is 0 Å². The van der Waals surface area contributed by atoms with Crippen molar-refractivity contribution in [1.29, 1.82) is 5.26 Å². The number of ether oxygens (including phenoxy) is 1. The molecule has 2 amide bonds. The fourth-order valence-corrected chi connectivity index (χ4v) is 1.79. The van der Waals surface area contributed by atoms with Crippen molar-refractivity contribution in [3.8, 4) is 6.07 Å². The maximum atomic E-state index is 11.6. The van der Waals surface area contributed by atoms with Gasteiger partial charge < -0.3 is 9.84 Å². The van der Waals surface area contributed by atoms with Gasteiger partial charge in [-0.1, -0.05) is 17.3 Å². The van der Waals surface area contributed by atoms with Gasteiger partial charge in [0.05, 0.1) is 25.3 Å². The van der Waals surface area contributed by atoms with Gasteiger partial charge in [-0.3, -0.25) is 0 Å². The average Bonchev–Trinajstić information content (AvgIpc) is 2.53. The number of hydrogen-bond donors (Lipinski definition) is 1. The van der Waals surface area contributed by atoms with Crippen molar-refractivity contribution in [1.82, 2.24) is 10.1 Å². The van der Waals surface area contributed by atoms with Crippen LogP contribution in [0.25, 0.3) is 0 Å². The lowest BCUT2D eigenvalue weighted by molar-refractivity contribution is -0.0280. The first-order chi connectivity index (χ1) is 10.1. The summed E-state index contributed by atoms with van der Waals surface area (Å²) in [6.07, 6.45) is -2.29. The van der Waals surface area contributed by atoms with Crippen LogP contribution in [-0.4, -0.2) is 41.1 Å². The van der Waals surface area contributed by atoms with E-state index in [1.165, 1.54) is 0 Å². The Labute approximate surface area is 119 Å². The zero-order valence-corrected chi connectivity index (χ0v) is 11.0. The third-order valence-corrected chi connectivity index (χ3v) is 2.83. The van der Waals surface area contributed by atoms with Crippen LogP contribution >= 0.6 is 0 Å². The van der Waals surface area contributed by atoms with Crippen LogP contribution in [0.15, 0.2) is 34.6 Å². The Bertz CT molecular complexity index is 622. The molecular weight excluding hydrogens is 278 g/mol. The summed E-state index contributed by atoms with van der Waals surface area (Å²) in [4.78, 5) is 22.6. The molecule has 2 rings (SSSR count). The lowest BCUT2D eigenvalue weighted by atomic mass is 10.1. The number of benzene rings is 1. The van der Waals surface area contributed by atoms with E-state index >= 15 is 0 Å². The minimum Gasteiger partial charge on any atom is -0.462 e. The van der Waals surface area contributed by atoms with Gasteiger partial charge >= 0.3 is 12.2 Å². The normalized spacial score (nSPS) is 17.2. The van der Waals surface area contributed by atoms with E-state index in [9.17, 15) is 9.59 Å². The number of nitriles is 1. The Morgan fingerprint density at radius 1 is 1.43 bits per heavy atom. The monoisotopic (exact) mass is 289 g/mol. The first-order valence-electron chi connectivity index (χ1n) is 5.86. The molecule has 0 saturated heterocycles. The van der Waals surface area contributed by atoms with Crippen molar-refractivity contribution in [2.75, 3.05) is 13.7 Å². The van der Waals surface area contributed by atoms with Crippen LogP contribution in [-0.2, 0) is 4.74 Å². The van der Waals surface area contributed by atoms with Gasteiger partial charge in [-0.25, -0.2) is 9.59 Å². The summed E-state index contributed by atoms with van der Waals surface area (Å²) in [7, 11) is 1.14. The summed E-state index contributed by atoms with van der Waals surface area (Å²) >= 11 is 0. The van der Waals surface area contributed by atoms with Crippen molar-refractivity contribution in [2.45, 2.75) is 6.04 Å². The number of rotatable bonds is 1. The fraction of sp³-hybridized carbons (Fsp3) is 0.250. The van der Waals surface area contributed by atoms with Crippen LogP contribution in [0.2, 0.25) is 0 Å². The maximum Gasteiger partial charge on any atom is 0.449 e. The van der Waals surface area contributed by atoms with Crippen LogP contribution in [0.1, 0.15) is 17.2 Å². The smallest absolute Gasteiger partial charge is 0.449 e. The van der Waals surface area contributed by atoms with Crippen molar-refractivity contribution < 1.29 is 19.4 Å². The summed E-state index contributed by atoms with van der Waals surface area (Å²) in [5.41, 5.74) is 1.19. The number of carbonyl (C=O) groups is 2. The summed E-state index contributed by atoms with van der Waals surface area (Å²) in [5, 5.41) is 26.3. The molecule has 1 aromatic rings. The second-order valence-electron chi connectivity index (χ2n) is 4.08. The number of carbonyl (C=O) groups excluding carboxylic acids is 1. The third kappa shape index (κ3) is 2.89. The molecule has 1 atom stereocenters. The maximum absolute atomic E-state index is 11.6. The highest BCUT2D eigenvalue weighted by Gasteiger charge is 2.34. The number of methoxy groups -OCH3 is 1. The summed E-state index contributed by atoms with van der Waals surface area (Å²) in [5.74, 6) is 0. The molecule has 9 heteroatoms. The van der Waals surface area contributed by atoms with Crippen molar-refractivity contribution >= 4 is 12.2 Å². The Morgan fingerprint density at radius 3 is 2.62 bits per heavy atom. The Kier molecular flexibility index (Phi) is 3.99. The minimum atomic E-state index is -1.44. The number of amides is 2. The van der Waals surface area contributed by atoms with E-state index in [4.69, 9.17) is 10.4 Å². The van der Waals surface area contributed by atoms with Gasteiger partial charge in [0, 0.05) is 0 Å². The lowest BCUT2D eigenvalue weighted by Crippen LogP contribution is -2.49. The van der Waals surface area contributed by atoms with E-state index in [-0.39, 0.29) is 6.54 Å². The molecule has 0 bridgehead atoms. The number of hydrogen-bond acceptors (Lipinski definition) is 6. The van der Waals surface area contributed by atoms with E-state index < -0.39 is 18.2 Å². The van der Waals surface area contributed by atoms with E-state index in [0.29, 0.717) is 16.2 Å². The Balaban J connectivity index is 2.27. The highest BCUT2D eigenvalue weighted by molar-refractivity contribution is 5.72. The topological polar surface area (TPSA) is 119 Å². The van der Waals surface area contributed by atoms with Crippen LogP contribution in [0, 0.1) is 11.3 Å². The zero-order valence-electron chi connectivity index (χ0n) is 11.0. The van der Waals surface area contributed by atoms with Crippen LogP contribution < -0.4 is 0 Å². The first kappa shape index (κ1) is 14.3. The zero-order chi connectivity index (χ0) is 15.4. The Morgan fingerprint density at radius 2 is 2.10 bits per heavy atom. The quantitative estimate of drug-likeness (QED) is 0.847. The van der Waals surface area contributed by atoms with Crippen molar-refractivity contribution in [2.24, 2.45) is 10.3 Å². The standard InChI is InChI=1S/C12H11N5O4/c1-21-12(20)16-7-10(14-15-17(16)11(18)19)9-4-2-8(6-13)3-5-9/h2-5,10H,7H2,1H3,(H,18,19). The number of hydrazine groups is 1. The molecule has 1 aliphatic heterocycles. The number of carboxylic acid groups (broad SMARTS) is 1. The first-order valence-corrected chi connectivity index (χ1v) is 5.86. The van der Waals surface area contributed by atoms with Crippen molar-refractivity contribution in [3.63, 3.8) is 0 Å². The molecule has 0 radical (unpaired) electrons. The van der Waals surface area contributed by atoms with Crippen molar-refractivity contribution in [3.05, 3.63) is 35.4 Å². The van der Waals surface area contributed by atoms with Gasteiger partial charge in [0.1, 0.15) is 6.04 Å². The average molecular weight is 289 g/mol. The molecule has 1 aromatic carbocycles. The molecule has 0 aliphatic carbocycles. The molecule has 0 saturated carbocycles. The minimum absolute atomic E-state index is 0.0334. The van der Waals surface area contributed by atoms with Crippen LogP contribution in [0.5, 0.6) is 0 Å². The summed E-state index contributed by atoms with van der Waals surface area (Å²) < 4.78 is 4.53. The second kappa shape index (κ2) is 5.87. The third-order valence-electron chi connectivity index (χ3n) is 2.83. The van der Waals surface area contributed by atoms with Gasteiger partial charge in [-0.05, 0) is 22.9 Å². The predicted octanol–water partition coefficient (Wildman–Crippen LogP) is 1.94. The molecule has 108 valence electrons. The van der Waals surface area contributed by atoms with Gasteiger partial charge in [0.25, 0.3) is 0 Å². The van der Waals surface area contributed by atoms with Crippen LogP contribution in [0.3, 0.4) is 0 Å². The molecule has 1 heterocycles. The summed E-state index contributed by atoms with van der Waals surface area (Å²) in [6.45, 7) is -0.0334. The van der Waals surface area contributed by atoms with Gasteiger partial charge in [-0.2, -0.15) is 15.4 Å². The van der Waals surface area contributed by atoms with Gasteiger partial charge in [-0.15, -0.1) is 0 Å². The van der Waals surface area contributed by atoms with E-state index in [0.717, 1.165) is 12.1 Å². The molecule has 1 unspecified atom stereocenters. The SMILES string of the molecule is COC(=O)N1CC(c2ccc(C#N)cc2)N=NN1C(=O)O. The Hall–Kier alpha value is -3.15. The summed E-state index contributed by atoms with van der Waals surface area (Å²) in [6, 6.07) is 8.02. The molecule has 0 aromatic heterocycles. The van der Waals surface area contributed by atoms with E-state index in [1.54, 1.807) is 24.3 Å². The molecule has 1 N–H and O–H groups in total. The highest BCUT2D eigenvalue weighted by Crippen LogP contribution is 2.25. The largest absolute Gasteiger partial charge is 0.462 e. The molecule has 1 aliphatic rings. The van der Waals surface area contributed by atoms with Crippen LogP contribution in [0.4, 0.5) is 9.59 Å². The fourth-order valence-electron chi connectivity index (χ4n) is 1.79. The second-order valence-corrected chi connectivity index (χ2v) is 4.08. The highest BCUT2D eigenvalue weighted by atomic mass is 16.6. The van der Waals surface area contributed by atoms with E-state index in [1.807, 2.05) is 6.07 Å². The van der Waals surface area contributed by atoms with Gasteiger partial charge in [0.2, 0.25) is 0 Å². The van der Waals surface area contributed by atoms with E-state index in [2.05, 4.69) is 15.1 Å². The number of nitrogens with zero attached hydrogens (tertiary/aromatic N) is 5. The molecule has 0 spiro atoms. The molecule has 21 heavy (non-hydrogen) atoms.